The maximum absolute atomic E-state index is 12.7. The molecule has 1 atom stereocenters. The number of carbonyl (C=O) groups is 3. The minimum atomic E-state index is -0.761. The summed E-state index contributed by atoms with van der Waals surface area (Å²) >= 11 is 0. The molecular weight excluding hydrogens is 877 g/mol. The Morgan fingerprint density at radius 2 is 0.507 bits per heavy atom. The van der Waals surface area contributed by atoms with E-state index < -0.39 is 6.10 Å². The lowest BCUT2D eigenvalue weighted by molar-refractivity contribution is -0.167. The van der Waals surface area contributed by atoms with Gasteiger partial charge in [0.05, 0.1) is 0 Å². The van der Waals surface area contributed by atoms with Gasteiger partial charge >= 0.3 is 17.9 Å². The predicted octanol–water partition coefficient (Wildman–Crippen LogP) is 21.4. The van der Waals surface area contributed by atoms with Gasteiger partial charge in [0.2, 0.25) is 0 Å². The third-order valence-electron chi connectivity index (χ3n) is 14.5. The van der Waals surface area contributed by atoms with Crippen LogP contribution in [0.3, 0.4) is 0 Å². The monoisotopic (exact) mass is 999 g/mol. The van der Waals surface area contributed by atoms with Crippen molar-refractivity contribution in [3.63, 3.8) is 0 Å². The van der Waals surface area contributed by atoms with Crippen molar-refractivity contribution in [2.75, 3.05) is 13.2 Å². The first kappa shape index (κ1) is 68.9. The highest BCUT2D eigenvalue weighted by Gasteiger charge is 2.19. The van der Waals surface area contributed by atoms with E-state index in [2.05, 4.69) is 45.1 Å². The Bertz CT molecular complexity index is 1150. The highest BCUT2D eigenvalue weighted by Crippen LogP contribution is 2.18. The number of allylic oxidation sites excluding steroid dienone is 4. The van der Waals surface area contributed by atoms with E-state index in [-0.39, 0.29) is 31.1 Å². The van der Waals surface area contributed by atoms with Gasteiger partial charge in [-0.2, -0.15) is 0 Å². The molecular formula is C65H122O6. The largest absolute Gasteiger partial charge is 0.462 e. The van der Waals surface area contributed by atoms with Crippen molar-refractivity contribution >= 4 is 17.9 Å². The molecule has 0 amide bonds. The summed E-state index contributed by atoms with van der Waals surface area (Å²) in [6.07, 6.45) is 72.5. The summed E-state index contributed by atoms with van der Waals surface area (Å²) in [6, 6.07) is 0. The Morgan fingerprint density at radius 1 is 0.282 bits per heavy atom. The molecule has 0 aromatic heterocycles. The van der Waals surface area contributed by atoms with Crippen molar-refractivity contribution in [1.82, 2.24) is 0 Å². The molecule has 0 spiro atoms. The molecule has 0 aromatic rings. The molecule has 0 aromatic carbocycles. The van der Waals surface area contributed by atoms with Gasteiger partial charge in [0.25, 0.3) is 0 Å². The second kappa shape index (κ2) is 60.4. The number of unbranched alkanes of at least 4 members (excludes halogenated alkanes) is 44. The lowest BCUT2D eigenvalue weighted by Crippen LogP contribution is -2.30. The standard InChI is InChI=1S/C65H122O6/c1-4-7-10-13-16-18-20-22-23-24-25-26-27-28-29-30-31-32-33-34-35-36-37-38-39-40-41-42-43-44-46-47-49-52-55-58-64(67)70-61-62(60-69-63(66)57-54-51-15-12-9-6-3)71-65(68)59-56-53-50-48-45-21-19-17-14-11-8-5-2/h20,22,24-25,62H,4-19,21,23,26-61H2,1-3H3/b22-20-,25-24-. The van der Waals surface area contributed by atoms with Crippen LogP contribution < -0.4 is 0 Å². The average Bonchev–Trinajstić information content (AvgIpc) is 3.37. The molecule has 0 aliphatic carbocycles. The van der Waals surface area contributed by atoms with Crippen LogP contribution in [0.2, 0.25) is 0 Å². The van der Waals surface area contributed by atoms with Gasteiger partial charge in [0, 0.05) is 19.3 Å². The summed E-state index contributed by atoms with van der Waals surface area (Å²) in [5.41, 5.74) is 0. The van der Waals surface area contributed by atoms with E-state index >= 15 is 0 Å². The molecule has 0 rings (SSSR count). The van der Waals surface area contributed by atoms with E-state index in [1.165, 1.54) is 250 Å². The lowest BCUT2D eigenvalue weighted by Gasteiger charge is -2.18. The van der Waals surface area contributed by atoms with E-state index in [9.17, 15) is 14.4 Å². The highest BCUT2D eigenvalue weighted by molar-refractivity contribution is 5.71. The second-order valence-corrected chi connectivity index (χ2v) is 21.7. The van der Waals surface area contributed by atoms with Crippen LogP contribution in [0.15, 0.2) is 24.3 Å². The third kappa shape index (κ3) is 58.7. The van der Waals surface area contributed by atoms with Crippen molar-refractivity contribution in [3.8, 4) is 0 Å². The van der Waals surface area contributed by atoms with Gasteiger partial charge in [-0.3, -0.25) is 14.4 Å². The first-order chi connectivity index (χ1) is 35.0. The Hall–Kier alpha value is -2.11. The SMILES string of the molecule is CCCCCCC/C=C\C/C=C\CCCCCCCCCCCCCCCCCCCCCCCCCC(=O)OCC(COC(=O)CCCCCCCC)OC(=O)CCCCCCCCCCCCCC. The Labute approximate surface area is 443 Å². The van der Waals surface area contributed by atoms with Crippen LogP contribution >= 0.6 is 0 Å². The Balaban J connectivity index is 3.83. The van der Waals surface area contributed by atoms with Crippen LogP contribution in [-0.2, 0) is 28.6 Å². The minimum absolute atomic E-state index is 0.0646. The van der Waals surface area contributed by atoms with Crippen LogP contribution in [0.1, 0.15) is 355 Å². The number of esters is 3. The molecule has 1 unspecified atom stereocenters. The molecule has 6 heteroatoms. The van der Waals surface area contributed by atoms with Gasteiger partial charge in [0.15, 0.2) is 6.10 Å². The molecule has 0 aliphatic rings. The van der Waals surface area contributed by atoms with Gasteiger partial charge in [-0.05, 0) is 51.4 Å². The van der Waals surface area contributed by atoms with Crippen LogP contribution in [0.5, 0.6) is 0 Å². The van der Waals surface area contributed by atoms with Gasteiger partial charge in [-0.15, -0.1) is 0 Å². The smallest absolute Gasteiger partial charge is 0.306 e. The molecule has 0 aliphatic heterocycles. The molecule has 0 N–H and O–H groups in total. The number of carbonyl (C=O) groups excluding carboxylic acids is 3. The summed E-state index contributed by atoms with van der Waals surface area (Å²) in [4.78, 5) is 37.8. The number of ether oxygens (including phenoxy) is 3. The summed E-state index contributed by atoms with van der Waals surface area (Å²) in [6.45, 7) is 6.61. The predicted molar refractivity (Wildman–Crippen MR) is 307 cm³/mol. The summed E-state index contributed by atoms with van der Waals surface area (Å²) in [5, 5.41) is 0. The van der Waals surface area contributed by atoms with Crippen LogP contribution in [0, 0.1) is 0 Å². The second-order valence-electron chi connectivity index (χ2n) is 21.7. The normalized spacial score (nSPS) is 12.1. The lowest BCUT2D eigenvalue weighted by atomic mass is 10.0. The fourth-order valence-corrected chi connectivity index (χ4v) is 9.65. The average molecular weight is 1000 g/mol. The van der Waals surface area contributed by atoms with Gasteiger partial charge in [-0.25, -0.2) is 0 Å². The van der Waals surface area contributed by atoms with E-state index in [4.69, 9.17) is 14.2 Å². The zero-order valence-corrected chi connectivity index (χ0v) is 48.0. The maximum atomic E-state index is 12.7. The molecule has 0 bridgehead atoms. The van der Waals surface area contributed by atoms with Crippen molar-refractivity contribution in [2.45, 2.75) is 361 Å². The molecule has 418 valence electrons. The Morgan fingerprint density at radius 3 is 0.775 bits per heavy atom. The highest BCUT2D eigenvalue weighted by atomic mass is 16.6. The molecule has 0 radical (unpaired) electrons. The third-order valence-corrected chi connectivity index (χ3v) is 14.5. The van der Waals surface area contributed by atoms with Crippen molar-refractivity contribution < 1.29 is 28.6 Å². The van der Waals surface area contributed by atoms with Crippen LogP contribution in [-0.4, -0.2) is 37.2 Å². The first-order valence-electron chi connectivity index (χ1n) is 31.8. The zero-order chi connectivity index (χ0) is 51.4. The van der Waals surface area contributed by atoms with E-state index in [1.807, 2.05) is 0 Å². The minimum Gasteiger partial charge on any atom is -0.462 e. The van der Waals surface area contributed by atoms with Crippen molar-refractivity contribution in [2.24, 2.45) is 0 Å². The van der Waals surface area contributed by atoms with Crippen LogP contribution in [0.4, 0.5) is 0 Å². The molecule has 0 saturated carbocycles. The van der Waals surface area contributed by atoms with Gasteiger partial charge in [-0.1, -0.05) is 308 Å². The van der Waals surface area contributed by atoms with Gasteiger partial charge in [0.1, 0.15) is 13.2 Å². The molecule has 71 heavy (non-hydrogen) atoms. The zero-order valence-electron chi connectivity index (χ0n) is 48.0. The Kier molecular flexibility index (Phi) is 58.6. The fourth-order valence-electron chi connectivity index (χ4n) is 9.65. The van der Waals surface area contributed by atoms with Crippen molar-refractivity contribution in [3.05, 3.63) is 24.3 Å². The maximum Gasteiger partial charge on any atom is 0.306 e. The summed E-state index contributed by atoms with van der Waals surface area (Å²) in [7, 11) is 0. The first-order valence-corrected chi connectivity index (χ1v) is 31.8. The van der Waals surface area contributed by atoms with E-state index in [0.717, 1.165) is 64.2 Å². The van der Waals surface area contributed by atoms with Crippen molar-refractivity contribution in [1.29, 1.82) is 0 Å². The topological polar surface area (TPSA) is 78.9 Å². The number of hydrogen-bond acceptors (Lipinski definition) is 6. The molecule has 6 nitrogen and oxygen atoms in total. The summed E-state index contributed by atoms with van der Waals surface area (Å²) < 4.78 is 16.8. The van der Waals surface area contributed by atoms with E-state index in [0.29, 0.717) is 19.3 Å². The van der Waals surface area contributed by atoms with E-state index in [1.54, 1.807) is 0 Å². The quantitative estimate of drug-likeness (QED) is 0.0261. The summed E-state index contributed by atoms with van der Waals surface area (Å²) in [5.74, 6) is -0.854. The van der Waals surface area contributed by atoms with Crippen LogP contribution in [0.25, 0.3) is 0 Å². The molecule has 0 heterocycles. The fraction of sp³-hybridized carbons (Fsp3) is 0.892. The van der Waals surface area contributed by atoms with Gasteiger partial charge < -0.3 is 14.2 Å². The number of hydrogen-bond donors (Lipinski definition) is 0. The molecule has 0 fully saturated rings. The molecule has 0 saturated heterocycles. The number of rotatable bonds is 59.